The van der Waals surface area contributed by atoms with Crippen molar-refractivity contribution in [1.82, 2.24) is 4.90 Å². The second kappa shape index (κ2) is 8.87. The first-order valence-corrected chi connectivity index (χ1v) is 9.22. The molecule has 1 unspecified atom stereocenters. The molecule has 1 fully saturated rings. The number of aliphatic hydroxyl groups excluding tert-OH is 2. The number of benzene rings is 2. The number of methoxy groups -OCH3 is 3. The van der Waals surface area contributed by atoms with Gasteiger partial charge in [0, 0.05) is 12.1 Å². The summed E-state index contributed by atoms with van der Waals surface area (Å²) in [6.07, 6.45) is 0. The lowest BCUT2D eigenvalue weighted by atomic mass is 9.95. The highest BCUT2D eigenvalue weighted by Gasteiger charge is 2.45. The Kier molecular flexibility index (Phi) is 6.27. The van der Waals surface area contributed by atoms with Crippen molar-refractivity contribution >= 4 is 17.4 Å². The fourth-order valence-electron chi connectivity index (χ4n) is 3.49. The number of Topliss-reactive ketones (excluding diaryl/α,β-unsaturated/α-hetero) is 1. The summed E-state index contributed by atoms with van der Waals surface area (Å²) in [6.45, 7) is -0.375. The number of β-amino-alcohol motifs (C(OH)–C–C–N with tert-alkyl or cyclic N) is 1. The van der Waals surface area contributed by atoms with Crippen LogP contribution in [0.4, 0.5) is 0 Å². The molecule has 2 aromatic carbocycles. The number of ether oxygens (including phenoxy) is 3. The molecule has 0 aromatic heterocycles. The summed E-state index contributed by atoms with van der Waals surface area (Å²) in [7, 11) is 4.48. The smallest absolute Gasteiger partial charge is 0.295 e. The molecule has 1 heterocycles. The molecule has 1 aliphatic heterocycles. The van der Waals surface area contributed by atoms with Crippen LogP contribution < -0.4 is 14.2 Å². The van der Waals surface area contributed by atoms with Crippen LogP contribution in [0.5, 0.6) is 17.2 Å². The standard InChI is InChI=1S/C22H23NO7/c1-28-15-7-4-13(5-8-15)19-18(21(26)22(27)23(19)10-11-24)20(25)14-6-9-16(29-2)17(12-14)30-3/h4-9,12,19,24-25H,10-11H2,1-3H3. The second-order valence-electron chi connectivity index (χ2n) is 6.56. The summed E-state index contributed by atoms with van der Waals surface area (Å²) in [5.74, 6) is -0.509. The van der Waals surface area contributed by atoms with E-state index in [4.69, 9.17) is 14.2 Å². The quantitative estimate of drug-likeness (QED) is 0.407. The number of carbonyl (C=O) groups excluding carboxylic acids is 2. The molecule has 2 N–H and O–H groups in total. The molecule has 1 atom stereocenters. The van der Waals surface area contributed by atoms with Gasteiger partial charge in [-0.15, -0.1) is 0 Å². The van der Waals surface area contributed by atoms with Gasteiger partial charge in [0.15, 0.2) is 11.5 Å². The van der Waals surface area contributed by atoms with Gasteiger partial charge in [-0.25, -0.2) is 0 Å². The number of ketones is 1. The lowest BCUT2D eigenvalue weighted by molar-refractivity contribution is -0.140. The van der Waals surface area contributed by atoms with Gasteiger partial charge in [-0.3, -0.25) is 9.59 Å². The highest BCUT2D eigenvalue weighted by molar-refractivity contribution is 6.46. The van der Waals surface area contributed by atoms with Crippen LogP contribution >= 0.6 is 0 Å². The lowest BCUT2D eigenvalue weighted by Gasteiger charge is -2.24. The minimum absolute atomic E-state index is 0.0516. The fourth-order valence-corrected chi connectivity index (χ4v) is 3.49. The molecule has 1 aliphatic rings. The van der Waals surface area contributed by atoms with Gasteiger partial charge in [0.1, 0.15) is 11.5 Å². The van der Waals surface area contributed by atoms with Crippen LogP contribution in [0.1, 0.15) is 17.2 Å². The van der Waals surface area contributed by atoms with Crippen LogP contribution in [0.2, 0.25) is 0 Å². The van der Waals surface area contributed by atoms with Crippen molar-refractivity contribution in [2.45, 2.75) is 6.04 Å². The molecule has 1 saturated heterocycles. The van der Waals surface area contributed by atoms with Crippen LogP contribution in [-0.2, 0) is 9.59 Å². The van der Waals surface area contributed by atoms with E-state index in [0.29, 0.717) is 28.4 Å². The predicted octanol–water partition coefficient (Wildman–Crippen LogP) is 2.13. The molecule has 2 aromatic rings. The van der Waals surface area contributed by atoms with Gasteiger partial charge in [0.2, 0.25) is 0 Å². The van der Waals surface area contributed by atoms with Crippen molar-refractivity contribution in [3.05, 3.63) is 59.2 Å². The van der Waals surface area contributed by atoms with E-state index in [2.05, 4.69) is 0 Å². The van der Waals surface area contributed by atoms with Crippen molar-refractivity contribution < 1.29 is 34.0 Å². The Bertz CT molecular complexity index is 981. The van der Waals surface area contributed by atoms with Crippen LogP contribution in [0.15, 0.2) is 48.0 Å². The van der Waals surface area contributed by atoms with Gasteiger partial charge in [-0.1, -0.05) is 12.1 Å². The van der Waals surface area contributed by atoms with Crippen molar-refractivity contribution in [2.75, 3.05) is 34.5 Å². The number of nitrogens with zero attached hydrogens (tertiary/aromatic N) is 1. The first kappa shape index (κ1) is 21.2. The summed E-state index contributed by atoms with van der Waals surface area (Å²) in [6, 6.07) is 10.7. The van der Waals surface area contributed by atoms with Crippen molar-refractivity contribution in [3.8, 4) is 17.2 Å². The molecule has 0 radical (unpaired) electrons. The molecular formula is C22H23NO7. The van der Waals surface area contributed by atoms with E-state index in [-0.39, 0.29) is 24.5 Å². The van der Waals surface area contributed by atoms with Crippen LogP contribution in [0.3, 0.4) is 0 Å². The maximum absolute atomic E-state index is 12.8. The van der Waals surface area contributed by atoms with E-state index >= 15 is 0 Å². The van der Waals surface area contributed by atoms with Gasteiger partial charge in [-0.05, 0) is 35.9 Å². The minimum atomic E-state index is -0.851. The van der Waals surface area contributed by atoms with Gasteiger partial charge in [0.25, 0.3) is 11.7 Å². The zero-order valence-electron chi connectivity index (χ0n) is 16.9. The van der Waals surface area contributed by atoms with Crippen LogP contribution in [0, 0.1) is 0 Å². The number of likely N-dealkylation sites (tertiary alicyclic amines) is 1. The fraction of sp³-hybridized carbons (Fsp3) is 0.273. The molecule has 0 spiro atoms. The van der Waals surface area contributed by atoms with Gasteiger partial charge >= 0.3 is 0 Å². The van der Waals surface area contributed by atoms with E-state index in [1.54, 1.807) is 36.4 Å². The zero-order chi connectivity index (χ0) is 21.8. The Hall–Kier alpha value is -3.52. The van der Waals surface area contributed by atoms with Gasteiger partial charge in [0.05, 0.1) is 39.6 Å². The normalized spacial score (nSPS) is 17.9. The van der Waals surface area contributed by atoms with E-state index in [1.165, 1.54) is 32.3 Å². The van der Waals surface area contributed by atoms with Gasteiger partial charge < -0.3 is 29.3 Å². The Labute approximate surface area is 173 Å². The van der Waals surface area contributed by atoms with Crippen molar-refractivity contribution in [3.63, 3.8) is 0 Å². The number of aliphatic hydroxyl groups is 2. The average molecular weight is 413 g/mol. The minimum Gasteiger partial charge on any atom is -0.507 e. The van der Waals surface area contributed by atoms with Crippen molar-refractivity contribution in [2.24, 2.45) is 0 Å². The highest BCUT2D eigenvalue weighted by Crippen LogP contribution is 2.40. The average Bonchev–Trinajstić information content (AvgIpc) is 3.03. The summed E-state index contributed by atoms with van der Waals surface area (Å²) >= 11 is 0. The van der Waals surface area contributed by atoms with Gasteiger partial charge in [-0.2, -0.15) is 0 Å². The monoisotopic (exact) mass is 413 g/mol. The molecule has 158 valence electrons. The molecule has 8 heteroatoms. The molecule has 0 aliphatic carbocycles. The molecule has 30 heavy (non-hydrogen) atoms. The number of amides is 1. The molecular weight excluding hydrogens is 390 g/mol. The zero-order valence-corrected chi connectivity index (χ0v) is 16.9. The summed E-state index contributed by atoms with van der Waals surface area (Å²) in [5, 5.41) is 20.4. The number of hydrogen-bond acceptors (Lipinski definition) is 7. The SMILES string of the molecule is COc1ccc(C2C(=C(O)c3ccc(OC)c(OC)c3)C(=O)C(=O)N2CCO)cc1. The van der Waals surface area contributed by atoms with Crippen LogP contribution in [-0.4, -0.2) is 61.3 Å². The predicted molar refractivity (Wildman–Crippen MR) is 109 cm³/mol. The van der Waals surface area contributed by atoms with E-state index in [9.17, 15) is 19.8 Å². The third kappa shape index (κ3) is 3.69. The molecule has 0 bridgehead atoms. The third-order valence-electron chi connectivity index (χ3n) is 4.97. The maximum Gasteiger partial charge on any atom is 0.295 e. The number of rotatable bonds is 7. The Morgan fingerprint density at radius 3 is 2.20 bits per heavy atom. The Morgan fingerprint density at radius 1 is 0.967 bits per heavy atom. The third-order valence-corrected chi connectivity index (χ3v) is 4.97. The molecule has 1 amide bonds. The topological polar surface area (TPSA) is 106 Å². The first-order chi connectivity index (χ1) is 14.5. The molecule has 3 rings (SSSR count). The Morgan fingerprint density at radius 2 is 1.63 bits per heavy atom. The number of carbonyl (C=O) groups is 2. The summed E-state index contributed by atoms with van der Waals surface area (Å²) in [4.78, 5) is 26.7. The first-order valence-electron chi connectivity index (χ1n) is 9.22. The largest absolute Gasteiger partial charge is 0.507 e. The summed E-state index contributed by atoms with van der Waals surface area (Å²) < 4.78 is 15.6. The Balaban J connectivity index is 2.17. The van der Waals surface area contributed by atoms with Crippen LogP contribution in [0.25, 0.3) is 5.76 Å². The second-order valence-corrected chi connectivity index (χ2v) is 6.56. The lowest BCUT2D eigenvalue weighted by Crippen LogP contribution is -2.32. The summed E-state index contributed by atoms with van der Waals surface area (Å²) in [5.41, 5.74) is 0.837. The molecule has 8 nitrogen and oxygen atoms in total. The molecule has 0 saturated carbocycles. The highest BCUT2D eigenvalue weighted by atomic mass is 16.5. The van der Waals surface area contributed by atoms with E-state index in [1.807, 2.05) is 0 Å². The number of hydrogen-bond donors (Lipinski definition) is 2. The van der Waals surface area contributed by atoms with E-state index in [0.717, 1.165) is 0 Å². The van der Waals surface area contributed by atoms with Crippen molar-refractivity contribution in [1.29, 1.82) is 0 Å². The van der Waals surface area contributed by atoms with E-state index < -0.39 is 17.7 Å². The maximum atomic E-state index is 12.8.